The average Bonchev–Trinajstić information content (AvgIpc) is 3.10. The van der Waals surface area contributed by atoms with Crippen LogP contribution in [0.5, 0.6) is 0 Å². The Labute approximate surface area is 173 Å². The Balaban J connectivity index is 1.51. The van der Waals surface area contributed by atoms with Gasteiger partial charge in [0, 0.05) is 12.6 Å². The number of rotatable bonds is 6. The van der Waals surface area contributed by atoms with Crippen LogP contribution >= 0.6 is 11.3 Å². The van der Waals surface area contributed by atoms with E-state index in [-0.39, 0.29) is 6.04 Å². The number of hydrogen-bond donors (Lipinski definition) is 1. The summed E-state index contributed by atoms with van der Waals surface area (Å²) in [6.07, 6.45) is 9.34. The fourth-order valence-electron chi connectivity index (χ4n) is 4.48. The lowest BCUT2D eigenvalue weighted by Crippen LogP contribution is -2.38. The molecule has 152 valence electrons. The molecule has 1 fully saturated rings. The van der Waals surface area contributed by atoms with E-state index in [4.69, 9.17) is 0 Å². The molecule has 28 heavy (non-hydrogen) atoms. The van der Waals surface area contributed by atoms with Gasteiger partial charge in [0.2, 0.25) is 10.0 Å². The molecule has 6 heteroatoms. The molecule has 0 bridgehead atoms. The number of nitrogens with one attached hydrogen (secondary N) is 1. The van der Waals surface area contributed by atoms with Crippen LogP contribution in [0.3, 0.4) is 0 Å². The number of hydrogen-bond acceptors (Lipinski definition) is 4. The zero-order valence-electron chi connectivity index (χ0n) is 16.4. The highest BCUT2D eigenvalue weighted by Crippen LogP contribution is 2.27. The lowest BCUT2D eigenvalue weighted by molar-refractivity contribution is 0.206. The van der Waals surface area contributed by atoms with Gasteiger partial charge in [-0.15, -0.1) is 0 Å². The van der Waals surface area contributed by atoms with Gasteiger partial charge in [-0.05, 0) is 97.3 Å². The molecule has 1 aromatic carbocycles. The lowest BCUT2D eigenvalue weighted by atomic mass is 9.92. The highest BCUT2D eigenvalue weighted by molar-refractivity contribution is 7.89. The summed E-state index contributed by atoms with van der Waals surface area (Å²) in [4.78, 5) is 2.87. The topological polar surface area (TPSA) is 49.4 Å². The molecule has 0 amide bonds. The first kappa shape index (κ1) is 20.1. The van der Waals surface area contributed by atoms with Gasteiger partial charge in [-0.25, -0.2) is 13.1 Å². The van der Waals surface area contributed by atoms with Crippen molar-refractivity contribution in [3.8, 4) is 0 Å². The largest absolute Gasteiger partial charge is 0.295 e. The number of thiophene rings is 1. The molecule has 1 aromatic heterocycles. The highest BCUT2D eigenvalue weighted by atomic mass is 32.2. The zero-order chi connectivity index (χ0) is 19.4. The van der Waals surface area contributed by atoms with Crippen molar-refractivity contribution in [2.45, 2.75) is 62.3 Å². The maximum absolute atomic E-state index is 13.0. The summed E-state index contributed by atoms with van der Waals surface area (Å²) in [5.41, 5.74) is 3.74. The van der Waals surface area contributed by atoms with Crippen LogP contribution in [0, 0.1) is 0 Å². The van der Waals surface area contributed by atoms with Gasteiger partial charge >= 0.3 is 0 Å². The van der Waals surface area contributed by atoms with Gasteiger partial charge < -0.3 is 0 Å². The summed E-state index contributed by atoms with van der Waals surface area (Å²) < 4.78 is 29.0. The Bertz CT molecular complexity index is 870. The lowest BCUT2D eigenvalue weighted by Gasteiger charge is -2.30. The average molecular weight is 419 g/mol. The quantitative estimate of drug-likeness (QED) is 0.750. The van der Waals surface area contributed by atoms with Crippen molar-refractivity contribution in [2.24, 2.45) is 0 Å². The minimum Gasteiger partial charge on any atom is -0.295 e. The van der Waals surface area contributed by atoms with Crippen molar-refractivity contribution in [1.82, 2.24) is 9.62 Å². The molecule has 1 atom stereocenters. The molecule has 0 spiro atoms. The summed E-state index contributed by atoms with van der Waals surface area (Å²) >= 11 is 1.68. The third-order valence-electron chi connectivity index (χ3n) is 6.11. The summed E-state index contributed by atoms with van der Waals surface area (Å²) in [6.45, 7) is 2.51. The van der Waals surface area contributed by atoms with E-state index in [0.29, 0.717) is 11.4 Å². The van der Waals surface area contributed by atoms with E-state index in [1.54, 1.807) is 17.4 Å². The Hall–Kier alpha value is -1.21. The van der Waals surface area contributed by atoms with Crippen molar-refractivity contribution in [3.05, 3.63) is 51.7 Å². The Morgan fingerprint density at radius 3 is 2.43 bits per heavy atom. The number of sulfonamides is 1. The molecule has 0 radical (unpaired) electrons. The van der Waals surface area contributed by atoms with Gasteiger partial charge in [-0.1, -0.05) is 18.9 Å². The van der Waals surface area contributed by atoms with Gasteiger partial charge in [0.25, 0.3) is 0 Å². The summed E-state index contributed by atoms with van der Waals surface area (Å²) in [7, 11) is -3.50. The molecule has 2 aliphatic rings. The van der Waals surface area contributed by atoms with Gasteiger partial charge in [-0.3, -0.25) is 4.90 Å². The van der Waals surface area contributed by atoms with E-state index >= 15 is 0 Å². The van der Waals surface area contributed by atoms with Gasteiger partial charge in [0.1, 0.15) is 0 Å². The maximum atomic E-state index is 13.0. The fraction of sp³-hybridized carbons (Fsp3) is 0.545. The third kappa shape index (κ3) is 4.67. The molecule has 4 nitrogen and oxygen atoms in total. The van der Waals surface area contributed by atoms with Crippen LogP contribution in [0.1, 0.15) is 61.3 Å². The van der Waals surface area contributed by atoms with Gasteiger partial charge in [0.05, 0.1) is 4.90 Å². The van der Waals surface area contributed by atoms with Gasteiger partial charge in [0.15, 0.2) is 0 Å². The van der Waals surface area contributed by atoms with Crippen LogP contribution < -0.4 is 4.72 Å². The maximum Gasteiger partial charge on any atom is 0.240 e. The van der Waals surface area contributed by atoms with Crippen molar-refractivity contribution in [2.75, 3.05) is 19.6 Å². The summed E-state index contributed by atoms with van der Waals surface area (Å²) in [5, 5.41) is 4.24. The van der Waals surface area contributed by atoms with E-state index in [2.05, 4.69) is 26.4 Å². The Kier molecular flexibility index (Phi) is 6.51. The van der Waals surface area contributed by atoms with Crippen LogP contribution in [-0.2, 0) is 22.9 Å². The van der Waals surface area contributed by atoms with E-state index in [9.17, 15) is 8.42 Å². The molecule has 2 aromatic rings. The van der Waals surface area contributed by atoms with Crippen molar-refractivity contribution >= 4 is 21.4 Å². The van der Waals surface area contributed by atoms with E-state index < -0.39 is 10.0 Å². The van der Waals surface area contributed by atoms with E-state index in [0.717, 1.165) is 32.4 Å². The van der Waals surface area contributed by atoms with E-state index in [1.165, 1.54) is 48.8 Å². The molecule has 2 heterocycles. The molecular weight excluding hydrogens is 388 g/mol. The molecule has 1 N–H and O–H groups in total. The fourth-order valence-corrected chi connectivity index (χ4v) is 6.27. The Morgan fingerprint density at radius 2 is 1.71 bits per heavy atom. The molecule has 1 saturated heterocycles. The van der Waals surface area contributed by atoms with Crippen LogP contribution in [0.2, 0.25) is 0 Å². The Morgan fingerprint density at radius 1 is 0.964 bits per heavy atom. The normalized spacial score (nSPS) is 19.7. The van der Waals surface area contributed by atoms with Crippen LogP contribution in [-0.4, -0.2) is 33.0 Å². The molecule has 0 saturated carbocycles. The monoisotopic (exact) mass is 418 g/mol. The number of fused-ring (bicyclic) bond motifs is 1. The van der Waals surface area contributed by atoms with Crippen LogP contribution in [0.25, 0.3) is 0 Å². The molecular formula is C22H30N2O2S2. The first-order valence-electron chi connectivity index (χ1n) is 10.5. The number of likely N-dealkylation sites (tertiary alicyclic amines) is 1. The molecule has 1 aliphatic carbocycles. The van der Waals surface area contributed by atoms with Crippen molar-refractivity contribution < 1.29 is 8.42 Å². The van der Waals surface area contributed by atoms with Crippen molar-refractivity contribution in [1.29, 1.82) is 0 Å². The predicted octanol–water partition coefficient (Wildman–Crippen LogP) is 4.52. The van der Waals surface area contributed by atoms with Gasteiger partial charge in [-0.2, -0.15) is 11.3 Å². The van der Waals surface area contributed by atoms with Crippen molar-refractivity contribution in [3.63, 3.8) is 0 Å². The molecule has 1 unspecified atom stereocenters. The number of aryl methyl sites for hydroxylation is 2. The minimum absolute atomic E-state index is 0.108. The first-order valence-corrected chi connectivity index (χ1v) is 12.9. The van der Waals surface area contributed by atoms with Crippen LogP contribution in [0.15, 0.2) is 39.9 Å². The third-order valence-corrected chi connectivity index (χ3v) is 8.23. The first-order chi connectivity index (χ1) is 13.6. The highest BCUT2D eigenvalue weighted by Gasteiger charge is 2.25. The summed E-state index contributed by atoms with van der Waals surface area (Å²) in [6, 6.07) is 7.92. The predicted molar refractivity (Wildman–Crippen MR) is 115 cm³/mol. The SMILES string of the molecule is O=S(=O)(NCC(c1ccsc1)N1CCCCCC1)c1ccc2c(c1)CCCC2. The second-order valence-corrected chi connectivity index (χ2v) is 10.6. The second kappa shape index (κ2) is 9.08. The minimum atomic E-state index is -3.50. The van der Waals surface area contributed by atoms with Crippen LogP contribution in [0.4, 0.5) is 0 Å². The standard InChI is InChI=1S/C22H30N2O2S2/c25-28(26,21-10-9-18-7-3-4-8-19(18)15-21)23-16-22(20-11-14-27-17-20)24-12-5-1-2-6-13-24/h9-11,14-15,17,22-23H,1-8,12-13,16H2. The summed E-state index contributed by atoms with van der Waals surface area (Å²) in [5.74, 6) is 0. The van der Waals surface area contributed by atoms with E-state index in [1.807, 2.05) is 12.1 Å². The smallest absolute Gasteiger partial charge is 0.240 e. The second-order valence-electron chi connectivity index (χ2n) is 8.01. The molecule has 4 rings (SSSR count). The molecule has 1 aliphatic heterocycles. The zero-order valence-corrected chi connectivity index (χ0v) is 18.0. The number of benzene rings is 1. The number of nitrogens with zero attached hydrogens (tertiary/aromatic N) is 1.